The summed E-state index contributed by atoms with van der Waals surface area (Å²) in [5.41, 5.74) is 2.64. The fraction of sp³-hybridized carbons (Fsp3) is 0.158. The second-order valence-electron chi connectivity index (χ2n) is 5.49. The minimum Gasteiger partial charge on any atom is -0.236 e. The summed E-state index contributed by atoms with van der Waals surface area (Å²) in [5, 5.41) is 0.904. The Balaban J connectivity index is 1.99. The first kappa shape index (κ1) is 16.9. The first-order chi connectivity index (χ1) is 11.6. The van der Waals surface area contributed by atoms with E-state index in [1.54, 1.807) is 42.7 Å². The summed E-state index contributed by atoms with van der Waals surface area (Å²) in [5.74, 6) is 0.0411. The van der Waals surface area contributed by atoms with Crippen LogP contribution in [-0.2, 0) is 6.42 Å². The molecule has 0 aliphatic carbocycles. The van der Waals surface area contributed by atoms with E-state index in [2.05, 4.69) is 16.9 Å². The van der Waals surface area contributed by atoms with Crippen LogP contribution >= 0.6 is 23.2 Å². The number of aromatic nitrogens is 2. The highest BCUT2D eigenvalue weighted by molar-refractivity contribution is 6.33. The fourth-order valence-electron chi connectivity index (χ4n) is 2.52. The van der Waals surface area contributed by atoms with Gasteiger partial charge in [0.05, 0.1) is 5.02 Å². The molecule has 24 heavy (non-hydrogen) atoms. The summed E-state index contributed by atoms with van der Waals surface area (Å²) >= 11 is 12.2. The van der Waals surface area contributed by atoms with E-state index in [4.69, 9.17) is 23.2 Å². The van der Waals surface area contributed by atoms with Crippen LogP contribution in [0, 0.1) is 5.82 Å². The molecule has 1 heterocycles. The maximum Gasteiger partial charge on any atom is 0.159 e. The van der Waals surface area contributed by atoms with Gasteiger partial charge in [-0.1, -0.05) is 48.7 Å². The van der Waals surface area contributed by atoms with Crippen LogP contribution in [0.2, 0.25) is 10.0 Å². The van der Waals surface area contributed by atoms with Crippen molar-refractivity contribution in [3.8, 4) is 22.5 Å². The molecule has 2 nitrogen and oxygen atoms in total. The van der Waals surface area contributed by atoms with Crippen molar-refractivity contribution in [1.82, 2.24) is 9.97 Å². The van der Waals surface area contributed by atoms with Gasteiger partial charge in [-0.15, -0.1) is 0 Å². The Morgan fingerprint density at radius 2 is 1.62 bits per heavy atom. The molecule has 2 aromatic carbocycles. The van der Waals surface area contributed by atoms with Crippen molar-refractivity contribution in [2.24, 2.45) is 0 Å². The van der Waals surface area contributed by atoms with Gasteiger partial charge in [0.2, 0.25) is 0 Å². The molecule has 0 bridgehead atoms. The molecule has 0 aliphatic rings. The SMILES string of the molecule is CCCc1cnc(-c2cc(F)c(-c3ccc(Cl)cc3)c(Cl)c2)nc1. The minimum atomic E-state index is -0.416. The van der Waals surface area contributed by atoms with Crippen molar-refractivity contribution in [2.75, 3.05) is 0 Å². The Morgan fingerprint density at radius 1 is 0.958 bits per heavy atom. The van der Waals surface area contributed by atoms with Crippen LogP contribution in [0.3, 0.4) is 0 Å². The molecule has 1 aromatic heterocycles. The Labute approximate surface area is 150 Å². The molecule has 0 radical (unpaired) electrons. The van der Waals surface area contributed by atoms with Gasteiger partial charge in [-0.2, -0.15) is 0 Å². The lowest BCUT2D eigenvalue weighted by molar-refractivity contribution is 0.631. The van der Waals surface area contributed by atoms with Crippen LogP contribution < -0.4 is 0 Å². The summed E-state index contributed by atoms with van der Waals surface area (Å²) in [7, 11) is 0. The van der Waals surface area contributed by atoms with Crippen molar-refractivity contribution in [1.29, 1.82) is 0 Å². The van der Waals surface area contributed by atoms with Crippen LogP contribution in [0.15, 0.2) is 48.8 Å². The zero-order valence-electron chi connectivity index (χ0n) is 13.1. The molecule has 0 saturated carbocycles. The predicted molar refractivity (Wildman–Crippen MR) is 96.9 cm³/mol. The molecule has 0 atom stereocenters. The predicted octanol–water partition coefficient (Wildman–Crippen LogP) is 6.21. The Bertz CT molecular complexity index is 823. The Morgan fingerprint density at radius 3 is 2.21 bits per heavy atom. The molecule has 0 spiro atoms. The Kier molecular flexibility index (Phi) is 5.12. The molecule has 0 aliphatic heterocycles. The highest BCUT2D eigenvalue weighted by atomic mass is 35.5. The van der Waals surface area contributed by atoms with E-state index in [1.807, 2.05) is 0 Å². The number of halogens is 3. The zero-order valence-corrected chi connectivity index (χ0v) is 14.6. The second-order valence-corrected chi connectivity index (χ2v) is 6.33. The number of benzene rings is 2. The van der Waals surface area contributed by atoms with Crippen LogP contribution in [0.1, 0.15) is 18.9 Å². The summed E-state index contributed by atoms with van der Waals surface area (Å²) in [6.45, 7) is 2.10. The van der Waals surface area contributed by atoms with Gasteiger partial charge in [0.25, 0.3) is 0 Å². The van der Waals surface area contributed by atoms with Gasteiger partial charge in [-0.3, -0.25) is 0 Å². The number of hydrogen-bond donors (Lipinski definition) is 0. The van der Waals surface area contributed by atoms with Gasteiger partial charge in [-0.05, 0) is 41.8 Å². The molecule has 0 fully saturated rings. The van der Waals surface area contributed by atoms with Gasteiger partial charge in [-0.25, -0.2) is 14.4 Å². The zero-order chi connectivity index (χ0) is 17.1. The molecule has 0 unspecified atom stereocenters. The number of aryl methyl sites for hydroxylation is 1. The third-order valence-electron chi connectivity index (χ3n) is 3.68. The lowest BCUT2D eigenvalue weighted by Gasteiger charge is -2.09. The molecular weight excluding hydrogens is 346 g/mol. The number of hydrogen-bond acceptors (Lipinski definition) is 2. The lowest BCUT2D eigenvalue weighted by Crippen LogP contribution is -1.94. The first-order valence-electron chi connectivity index (χ1n) is 7.64. The van der Waals surface area contributed by atoms with E-state index in [9.17, 15) is 4.39 Å². The van der Waals surface area contributed by atoms with Crippen molar-refractivity contribution >= 4 is 23.2 Å². The van der Waals surface area contributed by atoms with Gasteiger partial charge in [0, 0.05) is 28.5 Å². The summed E-state index contributed by atoms with van der Waals surface area (Å²) in [4.78, 5) is 8.62. The van der Waals surface area contributed by atoms with E-state index < -0.39 is 5.82 Å². The number of rotatable bonds is 4. The quantitative estimate of drug-likeness (QED) is 0.552. The molecule has 122 valence electrons. The highest BCUT2D eigenvalue weighted by Crippen LogP contribution is 2.34. The molecule has 0 amide bonds. The smallest absolute Gasteiger partial charge is 0.159 e. The third kappa shape index (κ3) is 3.58. The summed E-state index contributed by atoms with van der Waals surface area (Å²) in [6.07, 6.45) is 5.49. The lowest BCUT2D eigenvalue weighted by atomic mass is 10.0. The summed E-state index contributed by atoms with van der Waals surface area (Å²) < 4.78 is 14.6. The van der Waals surface area contributed by atoms with E-state index in [0.717, 1.165) is 18.4 Å². The van der Waals surface area contributed by atoms with E-state index >= 15 is 0 Å². The maximum absolute atomic E-state index is 14.6. The van der Waals surface area contributed by atoms with Crippen molar-refractivity contribution in [2.45, 2.75) is 19.8 Å². The fourth-order valence-corrected chi connectivity index (χ4v) is 2.96. The van der Waals surface area contributed by atoms with Gasteiger partial charge in [0.15, 0.2) is 5.82 Å². The monoisotopic (exact) mass is 360 g/mol. The minimum absolute atomic E-state index is 0.313. The summed E-state index contributed by atoms with van der Waals surface area (Å²) in [6, 6.07) is 9.98. The Hall–Kier alpha value is -1.97. The molecule has 0 saturated heterocycles. The molecular formula is C19H15Cl2FN2. The molecule has 0 N–H and O–H groups in total. The van der Waals surface area contributed by atoms with Gasteiger partial charge >= 0.3 is 0 Å². The standard InChI is InChI=1S/C19H15Cl2FN2/c1-2-3-12-10-23-19(24-11-12)14-8-16(21)18(17(22)9-14)13-4-6-15(20)7-5-13/h4-11H,2-3H2,1H3. The first-order valence-corrected chi connectivity index (χ1v) is 8.40. The third-order valence-corrected chi connectivity index (χ3v) is 4.23. The normalized spacial score (nSPS) is 10.8. The van der Waals surface area contributed by atoms with Crippen molar-refractivity contribution < 1.29 is 4.39 Å². The van der Waals surface area contributed by atoms with Crippen LogP contribution in [-0.4, -0.2) is 9.97 Å². The second kappa shape index (κ2) is 7.29. The number of nitrogens with zero attached hydrogens (tertiary/aromatic N) is 2. The van der Waals surface area contributed by atoms with Crippen LogP contribution in [0.5, 0.6) is 0 Å². The average molecular weight is 361 g/mol. The average Bonchev–Trinajstić information content (AvgIpc) is 2.57. The van der Waals surface area contributed by atoms with E-state index in [1.165, 1.54) is 6.07 Å². The molecule has 3 aromatic rings. The van der Waals surface area contributed by atoms with Gasteiger partial charge < -0.3 is 0 Å². The van der Waals surface area contributed by atoms with E-state index in [0.29, 0.717) is 32.6 Å². The van der Waals surface area contributed by atoms with Crippen molar-refractivity contribution in [3.05, 3.63) is 70.2 Å². The topological polar surface area (TPSA) is 25.8 Å². The molecule has 3 rings (SSSR count). The maximum atomic E-state index is 14.6. The van der Waals surface area contributed by atoms with Crippen LogP contribution in [0.4, 0.5) is 4.39 Å². The van der Waals surface area contributed by atoms with E-state index in [-0.39, 0.29) is 0 Å². The van der Waals surface area contributed by atoms with Crippen LogP contribution in [0.25, 0.3) is 22.5 Å². The molecule has 5 heteroatoms. The van der Waals surface area contributed by atoms with Gasteiger partial charge in [0.1, 0.15) is 5.82 Å². The van der Waals surface area contributed by atoms with Crippen molar-refractivity contribution in [3.63, 3.8) is 0 Å². The highest BCUT2D eigenvalue weighted by Gasteiger charge is 2.14. The largest absolute Gasteiger partial charge is 0.236 e.